The number of fused-ring (bicyclic) bond motifs is 1. The summed E-state index contributed by atoms with van der Waals surface area (Å²) in [6.45, 7) is 5.27. The first-order valence-electron chi connectivity index (χ1n) is 7.74. The van der Waals surface area contributed by atoms with Crippen molar-refractivity contribution in [2.45, 2.75) is 50.8 Å². The quantitative estimate of drug-likeness (QED) is 0.743. The zero-order valence-electron chi connectivity index (χ0n) is 13.0. The first-order valence-corrected chi connectivity index (χ1v) is 7.74. The second-order valence-corrected chi connectivity index (χ2v) is 7.26. The minimum Gasteiger partial charge on any atom is -0.377 e. The van der Waals surface area contributed by atoms with Crippen molar-refractivity contribution in [1.29, 1.82) is 0 Å². The molecule has 3 fully saturated rings. The molecule has 0 aromatic heterocycles. The molecule has 6 heteroatoms. The molecular formula is C15H25N3O3. The average Bonchev–Trinajstić information content (AvgIpc) is 2.90. The summed E-state index contributed by atoms with van der Waals surface area (Å²) in [5.74, 6) is 0.152. The van der Waals surface area contributed by atoms with Crippen LogP contribution < -0.4 is 11.1 Å². The number of hydrogen-bond donors (Lipinski definition) is 2. The molecule has 0 aromatic carbocycles. The van der Waals surface area contributed by atoms with Gasteiger partial charge in [-0.15, -0.1) is 0 Å². The van der Waals surface area contributed by atoms with E-state index in [4.69, 9.17) is 10.5 Å². The predicted molar refractivity (Wildman–Crippen MR) is 77.3 cm³/mol. The molecule has 4 unspecified atom stereocenters. The highest BCUT2D eigenvalue weighted by Gasteiger charge is 2.71. The van der Waals surface area contributed by atoms with Crippen molar-refractivity contribution in [2.24, 2.45) is 17.1 Å². The molecule has 4 atom stereocenters. The summed E-state index contributed by atoms with van der Waals surface area (Å²) in [6.07, 6.45) is 2.11. The van der Waals surface area contributed by atoms with Gasteiger partial charge in [0.15, 0.2) is 0 Å². The maximum atomic E-state index is 12.8. The van der Waals surface area contributed by atoms with Crippen molar-refractivity contribution < 1.29 is 14.3 Å². The third kappa shape index (κ3) is 1.92. The van der Waals surface area contributed by atoms with Crippen LogP contribution in [0.1, 0.15) is 33.1 Å². The zero-order valence-corrected chi connectivity index (χ0v) is 13.0. The van der Waals surface area contributed by atoms with E-state index in [9.17, 15) is 9.59 Å². The zero-order chi connectivity index (χ0) is 15.4. The highest BCUT2D eigenvalue weighted by Crippen LogP contribution is 2.58. The third-order valence-corrected chi connectivity index (χ3v) is 5.79. The van der Waals surface area contributed by atoms with Gasteiger partial charge in [-0.3, -0.25) is 9.59 Å². The Morgan fingerprint density at radius 1 is 1.43 bits per heavy atom. The summed E-state index contributed by atoms with van der Waals surface area (Å²) >= 11 is 0. The molecule has 2 heterocycles. The van der Waals surface area contributed by atoms with Gasteiger partial charge in [0.1, 0.15) is 5.54 Å². The number of likely N-dealkylation sites (N-methyl/N-ethyl adjacent to an activating group) is 1. The lowest BCUT2D eigenvalue weighted by atomic mass is 9.48. The molecule has 3 rings (SSSR count). The summed E-state index contributed by atoms with van der Waals surface area (Å²) in [4.78, 5) is 26.0. The number of amides is 2. The second-order valence-electron chi connectivity index (χ2n) is 7.26. The molecule has 1 aliphatic carbocycles. The summed E-state index contributed by atoms with van der Waals surface area (Å²) < 4.78 is 5.72. The van der Waals surface area contributed by atoms with E-state index in [0.29, 0.717) is 26.0 Å². The van der Waals surface area contributed by atoms with E-state index in [1.165, 1.54) is 0 Å². The van der Waals surface area contributed by atoms with Crippen LogP contribution in [0.5, 0.6) is 0 Å². The Balaban J connectivity index is 1.69. The van der Waals surface area contributed by atoms with Crippen LogP contribution in [0.15, 0.2) is 0 Å². The van der Waals surface area contributed by atoms with Crippen LogP contribution in [0, 0.1) is 11.3 Å². The van der Waals surface area contributed by atoms with Gasteiger partial charge in [0.2, 0.25) is 11.8 Å². The first kappa shape index (κ1) is 14.8. The average molecular weight is 295 g/mol. The molecule has 21 heavy (non-hydrogen) atoms. The fourth-order valence-corrected chi connectivity index (χ4v) is 4.28. The maximum absolute atomic E-state index is 12.8. The number of nitrogens with one attached hydrogen (secondary N) is 1. The molecular weight excluding hydrogens is 270 g/mol. The Labute approximate surface area is 125 Å². The van der Waals surface area contributed by atoms with E-state index in [-0.39, 0.29) is 35.3 Å². The number of ether oxygens (including phenoxy) is 1. The fourth-order valence-electron chi connectivity index (χ4n) is 4.28. The highest BCUT2D eigenvalue weighted by atomic mass is 16.5. The number of piperidine rings is 1. The molecule has 118 valence electrons. The number of nitrogens with two attached hydrogens (primary N) is 1. The molecule has 0 aromatic rings. The van der Waals surface area contributed by atoms with Gasteiger partial charge in [-0.05, 0) is 12.8 Å². The van der Waals surface area contributed by atoms with Crippen molar-refractivity contribution in [1.82, 2.24) is 10.2 Å². The van der Waals surface area contributed by atoms with E-state index < -0.39 is 5.54 Å². The Bertz CT molecular complexity index is 479. The van der Waals surface area contributed by atoms with E-state index in [1.54, 1.807) is 11.9 Å². The Morgan fingerprint density at radius 3 is 2.81 bits per heavy atom. The van der Waals surface area contributed by atoms with Gasteiger partial charge in [-0.1, -0.05) is 13.8 Å². The predicted octanol–water partition coefficient (Wildman–Crippen LogP) is -0.134. The lowest BCUT2D eigenvalue weighted by Gasteiger charge is -2.61. The van der Waals surface area contributed by atoms with Crippen molar-refractivity contribution in [3.63, 3.8) is 0 Å². The Kier molecular flexibility index (Phi) is 3.29. The number of nitrogens with zero attached hydrogens (tertiary/aromatic N) is 1. The number of carbonyl (C=O) groups is 2. The molecule has 2 amide bonds. The third-order valence-electron chi connectivity index (χ3n) is 5.79. The monoisotopic (exact) mass is 295 g/mol. The minimum atomic E-state index is -0.867. The minimum absolute atomic E-state index is 0.00204. The largest absolute Gasteiger partial charge is 0.377 e. The highest BCUT2D eigenvalue weighted by molar-refractivity contribution is 5.90. The van der Waals surface area contributed by atoms with Gasteiger partial charge in [0, 0.05) is 44.0 Å². The molecule has 0 radical (unpaired) electrons. The lowest BCUT2D eigenvalue weighted by Crippen LogP contribution is -2.80. The summed E-state index contributed by atoms with van der Waals surface area (Å²) in [5, 5.41) is 3.07. The number of hydrogen-bond acceptors (Lipinski definition) is 4. The summed E-state index contributed by atoms with van der Waals surface area (Å²) in [7, 11) is 1.77. The van der Waals surface area contributed by atoms with Crippen LogP contribution in [-0.2, 0) is 14.3 Å². The van der Waals surface area contributed by atoms with Crippen LogP contribution >= 0.6 is 0 Å². The maximum Gasteiger partial charge on any atom is 0.241 e. The standard InChI is InChI=1S/C15H25N3O3/c1-14(2)12-10(6-7-21-12)15(14,16)13(20)17-9-4-5-11(19)18(3)8-9/h9-10,12H,4-8,16H2,1-3H3,(H,17,20). The van der Waals surface area contributed by atoms with Crippen molar-refractivity contribution in [3.05, 3.63) is 0 Å². The van der Waals surface area contributed by atoms with Gasteiger partial charge in [-0.2, -0.15) is 0 Å². The number of carbonyl (C=O) groups excluding carboxylic acids is 2. The normalized spacial score (nSPS) is 41.4. The smallest absolute Gasteiger partial charge is 0.241 e. The van der Waals surface area contributed by atoms with E-state index in [2.05, 4.69) is 5.32 Å². The first-order chi connectivity index (χ1) is 9.78. The van der Waals surface area contributed by atoms with Gasteiger partial charge in [-0.25, -0.2) is 0 Å². The van der Waals surface area contributed by atoms with E-state index >= 15 is 0 Å². The van der Waals surface area contributed by atoms with Gasteiger partial charge >= 0.3 is 0 Å². The molecule has 0 bridgehead atoms. The van der Waals surface area contributed by atoms with Crippen LogP contribution in [-0.4, -0.2) is 54.6 Å². The number of rotatable bonds is 2. The lowest BCUT2D eigenvalue weighted by molar-refractivity contribution is -0.176. The second kappa shape index (κ2) is 4.68. The Morgan fingerprint density at radius 2 is 2.14 bits per heavy atom. The van der Waals surface area contributed by atoms with Gasteiger partial charge in [0.25, 0.3) is 0 Å². The SMILES string of the molecule is CN1CC(NC(=O)C2(N)C3CCOC3C2(C)C)CCC1=O. The molecule has 2 saturated heterocycles. The van der Waals surface area contributed by atoms with Crippen LogP contribution in [0.4, 0.5) is 0 Å². The summed E-state index contributed by atoms with van der Waals surface area (Å²) in [6, 6.07) is -0.00204. The van der Waals surface area contributed by atoms with Crippen molar-refractivity contribution in [3.8, 4) is 0 Å². The van der Waals surface area contributed by atoms with Crippen molar-refractivity contribution in [2.75, 3.05) is 20.2 Å². The van der Waals surface area contributed by atoms with E-state index in [0.717, 1.165) is 6.42 Å². The molecule has 6 nitrogen and oxygen atoms in total. The summed E-state index contributed by atoms with van der Waals surface area (Å²) in [5.41, 5.74) is 5.30. The fraction of sp³-hybridized carbons (Fsp3) is 0.867. The number of likely N-dealkylation sites (tertiary alicyclic amines) is 1. The van der Waals surface area contributed by atoms with Gasteiger partial charge in [0.05, 0.1) is 6.10 Å². The molecule has 3 N–H and O–H groups in total. The molecule has 1 saturated carbocycles. The van der Waals surface area contributed by atoms with Gasteiger partial charge < -0.3 is 20.7 Å². The molecule has 3 aliphatic rings. The van der Waals surface area contributed by atoms with Crippen molar-refractivity contribution >= 4 is 11.8 Å². The van der Waals surface area contributed by atoms with Crippen LogP contribution in [0.2, 0.25) is 0 Å². The molecule has 2 aliphatic heterocycles. The van der Waals surface area contributed by atoms with Crippen LogP contribution in [0.3, 0.4) is 0 Å². The molecule has 0 spiro atoms. The Hall–Kier alpha value is -1.14. The van der Waals surface area contributed by atoms with Crippen LogP contribution in [0.25, 0.3) is 0 Å². The topological polar surface area (TPSA) is 84.7 Å². The van der Waals surface area contributed by atoms with E-state index in [1.807, 2.05) is 13.8 Å².